The summed E-state index contributed by atoms with van der Waals surface area (Å²) < 4.78 is 32.3. The summed E-state index contributed by atoms with van der Waals surface area (Å²) in [6.45, 7) is 1.81. The Morgan fingerprint density at radius 1 is 1.06 bits per heavy atom. The van der Waals surface area contributed by atoms with Crippen LogP contribution in [0.25, 0.3) is 10.4 Å². The van der Waals surface area contributed by atoms with Crippen molar-refractivity contribution in [2.75, 3.05) is 10.6 Å². The molecule has 7 nitrogen and oxygen atoms in total. The number of thiazole rings is 1. The Balaban J connectivity index is 1.14. The number of aromatic nitrogens is 3. The van der Waals surface area contributed by atoms with Gasteiger partial charge in [0.2, 0.25) is 11.8 Å². The van der Waals surface area contributed by atoms with E-state index in [1.165, 1.54) is 6.07 Å². The largest absolute Gasteiger partial charge is 0.426 e. The summed E-state index contributed by atoms with van der Waals surface area (Å²) in [5, 5.41) is 14.2. The van der Waals surface area contributed by atoms with Gasteiger partial charge in [-0.3, -0.25) is 0 Å². The first kappa shape index (κ1) is 24.1. The first-order chi connectivity index (χ1) is 17.4. The van der Waals surface area contributed by atoms with Crippen molar-refractivity contribution in [3.05, 3.63) is 77.1 Å². The molecule has 2 aromatic carbocycles. The van der Waals surface area contributed by atoms with E-state index in [4.69, 9.17) is 9.40 Å². The van der Waals surface area contributed by atoms with Crippen LogP contribution in [-0.4, -0.2) is 21.2 Å². The van der Waals surface area contributed by atoms with Crippen LogP contribution in [0.5, 0.6) is 0 Å². The standard InChI is InChI=1S/C26H25F2N5O2S/c1-15-32-33-24(35-15)12-16-2-4-18(5-3-16)25-29-14-23(36-25)17-6-9-20(10-7-17)30-26(34)31-22-11-8-19(27)13-21(22)28/h6-11,13-14,16,18H,2-5,12H2,1H3,(H2,30,31,34). The molecule has 1 saturated carbocycles. The molecule has 2 heterocycles. The molecule has 0 saturated heterocycles. The van der Waals surface area contributed by atoms with Crippen molar-refractivity contribution in [3.8, 4) is 10.4 Å². The molecule has 36 heavy (non-hydrogen) atoms. The number of rotatable bonds is 6. The van der Waals surface area contributed by atoms with Crippen LogP contribution in [0.2, 0.25) is 0 Å². The summed E-state index contributed by atoms with van der Waals surface area (Å²) in [5.41, 5.74) is 1.47. The number of carbonyl (C=O) groups excluding carboxylic acids is 1. The topological polar surface area (TPSA) is 92.9 Å². The van der Waals surface area contributed by atoms with Crippen LogP contribution in [0.1, 0.15) is 48.4 Å². The Hall–Kier alpha value is -3.66. The van der Waals surface area contributed by atoms with Crippen LogP contribution in [0.4, 0.5) is 25.0 Å². The van der Waals surface area contributed by atoms with Crippen molar-refractivity contribution in [2.24, 2.45) is 5.92 Å². The van der Waals surface area contributed by atoms with E-state index in [2.05, 4.69) is 20.8 Å². The number of nitrogens with zero attached hydrogens (tertiary/aromatic N) is 3. The predicted octanol–water partition coefficient (Wildman–Crippen LogP) is 6.94. The van der Waals surface area contributed by atoms with Crippen molar-refractivity contribution in [1.29, 1.82) is 0 Å². The van der Waals surface area contributed by atoms with E-state index in [0.29, 0.717) is 23.4 Å². The molecule has 1 aliphatic rings. The molecule has 2 aromatic heterocycles. The number of amides is 2. The Morgan fingerprint density at radius 3 is 2.53 bits per heavy atom. The molecular weight excluding hydrogens is 484 g/mol. The van der Waals surface area contributed by atoms with E-state index >= 15 is 0 Å². The molecule has 2 amide bonds. The average Bonchev–Trinajstić information content (AvgIpc) is 3.51. The van der Waals surface area contributed by atoms with E-state index in [-0.39, 0.29) is 5.69 Å². The number of carbonyl (C=O) groups is 1. The minimum atomic E-state index is -0.836. The lowest BCUT2D eigenvalue weighted by molar-refractivity contribution is 0.262. The molecule has 10 heteroatoms. The number of benzene rings is 2. The zero-order chi connectivity index (χ0) is 25.1. The second-order valence-electron chi connectivity index (χ2n) is 8.98. The van der Waals surface area contributed by atoms with Crippen LogP contribution in [-0.2, 0) is 6.42 Å². The summed E-state index contributed by atoms with van der Waals surface area (Å²) in [6.07, 6.45) is 7.17. The maximum atomic E-state index is 13.7. The number of hydrogen-bond donors (Lipinski definition) is 2. The maximum absolute atomic E-state index is 13.7. The number of aryl methyl sites for hydroxylation is 1. The molecule has 0 radical (unpaired) electrons. The van der Waals surface area contributed by atoms with Crippen molar-refractivity contribution in [3.63, 3.8) is 0 Å². The third kappa shape index (κ3) is 5.76. The quantitative estimate of drug-likeness (QED) is 0.294. The highest BCUT2D eigenvalue weighted by atomic mass is 32.1. The highest BCUT2D eigenvalue weighted by Gasteiger charge is 2.26. The molecule has 1 aliphatic carbocycles. The summed E-state index contributed by atoms with van der Waals surface area (Å²) in [7, 11) is 0. The fraction of sp³-hybridized carbons (Fsp3) is 0.308. The number of hydrogen-bond acceptors (Lipinski definition) is 6. The van der Waals surface area contributed by atoms with Crippen LogP contribution in [0, 0.1) is 24.5 Å². The third-order valence-corrected chi connectivity index (χ3v) is 7.57. The molecule has 186 valence electrons. The van der Waals surface area contributed by atoms with Crippen LogP contribution in [0.3, 0.4) is 0 Å². The number of nitrogens with one attached hydrogen (secondary N) is 2. The van der Waals surface area contributed by atoms with Crippen molar-refractivity contribution >= 4 is 28.7 Å². The maximum Gasteiger partial charge on any atom is 0.323 e. The molecule has 4 aromatic rings. The lowest BCUT2D eigenvalue weighted by Gasteiger charge is -2.26. The lowest BCUT2D eigenvalue weighted by Crippen LogP contribution is -2.20. The molecular formula is C26H25F2N5O2S. The average molecular weight is 510 g/mol. The highest BCUT2D eigenvalue weighted by Crippen LogP contribution is 2.40. The fourth-order valence-corrected chi connectivity index (χ4v) is 5.58. The number of halogens is 2. The molecule has 0 aliphatic heterocycles. The van der Waals surface area contributed by atoms with Gasteiger partial charge in [-0.2, -0.15) is 0 Å². The minimum absolute atomic E-state index is 0.0959. The fourth-order valence-electron chi connectivity index (χ4n) is 4.48. The van der Waals surface area contributed by atoms with Gasteiger partial charge in [0.05, 0.1) is 15.6 Å². The zero-order valence-corrected chi connectivity index (χ0v) is 20.4. The number of anilines is 2. The molecule has 2 N–H and O–H groups in total. The molecule has 0 unspecified atom stereocenters. The van der Waals surface area contributed by atoms with Crippen molar-refractivity contribution < 1.29 is 18.0 Å². The van der Waals surface area contributed by atoms with E-state index in [1.54, 1.807) is 23.5 Å². The van der Waals surface area contributed by atoms with Crippen LogP contribution in [0.15, 0.2) is 53.1 Å². The van der Waals surface area contributed by atoms with Gasteiger partial charge in [-0.25, -0.2) is 18.6 Å². The van der Waals surface area contributed by atoms with E-state index in [9.17, 15) is 13.6 Å². The Labute approximate surface area is 211 Å². The van der Waals surface area contributed by atoms with Gasteiger partial charge >= 0.3 is 6.03 Å². The smallest absolute Gasteiger partial charge is 0.323 e. The normalized spacial score (nSPS) is 17.6. The van der Waals surface area contributed by atoms with Crippen LogP contribution < -0.4 is 10.6 Å². The summed E-state index contributed by atoms with van der Waals surface area (Å²) in [4.78, 5) is 17.9. The SMILES string of the molecule is Cc1nnc(CC2CCC(c3ncc(-c4ccc(NC(=O)Nc5ccc(F)cc5F)cc4)s3)CC2)o1. The molecule has 1 fully saturated rings. The van der Waals surface area contributed by atoms with Gasteiger partial charge in [0.15, 0.2) is 0 Å². The lowest BCUT2D eigenvalue weighted by atomic mass is 9.81. The summed E-state index contributed by atoms with van der Waals surface area (Å²) in [6, 6.07) is 9.74. The highest BCUT2D eigenvalue weighted by molar-refractivity contribution is 7.15. The first-order valence-electron chi connectivity index (χ1n) is 11.8. The first-order valence-corrected chi connectivity index (χ1v) is 12.6. The van der Waals surface area contributed by atoms with Gasteiger partial charge in [-0.05, 0) is 61.4 Å². The van der Waals surface area contributed by atoms with Crippen LogP contribution >= 0.6 is 11.3 Å². The Bertz CT molecular complexity index is 1350. The molecule has 0 spiro atoms. The van der Waals surface area contributed by atoms with Gasteiger partial charge in [-0.15, -0.1) is 21.5 Å². The van der Waals surface area contributed by atoms with Crippen molar-refractivity contribution in [2.45, 2.75) is 44.9 Å². The second-order valence-corrected chi connectivity index (χ2v) is 10.0. The third-order valence-electron chi connectivity index (χ3n) is 6.36. The Morgan fingerprint density at radius 2 is 1.83 bits per heavy atom. The van der Waals surface area contributed by atoms with E-state index < -0.39 is 17.7 Å². The zero-order valence-electron chi connectivity index (χ0n) is 19.6. The van der Waals surface area contributed by atoms with Gasteiger partial charge in [-0.1, -0.05) is 12.1 Å². The molecule has 0 bridgehead atoms. The van der Waals surface area contributed by atoms with E-state index in [1.807, 2.05) is 25.3 Å². The van der Waals surface area contributed by atoms with E-state index in [0.717, 1.165) is 65.6 Å². The molecule has 5 rings (SSSR count). The molecule has 0 atom stereocenters. The minimum Gasteiger partial charge on any atom is -0.426 e. The predicted molar refractivity (Wildman–Crippen MR) is 134 cm³/mol. The van der Waals surface area contributed by atoms with Gasteiger partial charge in [0.1, 0.15) is 11.6 Å². The van der Waals surface area contributed by atoms with Gasteiger partial charge in [0.25, 0.3) is 0 Å². The number of urea groups is 1. The summed E-state index contributed by atoms with van der Waals surface area (Å²) in [5.74, 6) is 0.825. The Kier molecular flexibility index (Phi) is 7.04. The van der Waals surface area contributed by atoms with Crippen molar-refractivity contribution in [1.82, 2.24) is 15.2 Å². The summed E-state index contributed by atoms with van der Waals surface area (Å²) >= 11 is 1.70. The van der Waals surface area contributed by atoms with Gasteiger partial charge < -0.3 is 15.1 Å². The monoisotopic (exact) mass is 509 g/mol. The second kappa shape index (κ2) is 10.5. The van der Waals surface area contributed by atoms with Gasteiger partial charge in [0, 0.05) is 37.2 Å².